The van der Waals surface area contributed by atoms with Gasteiger partial charge in [0.15, 0.2) is 0 Å². The van der Waals surface area contributed by atoms with Crippen LogP contribution in [0.25, 0.3) is 0 Å². The highest BCUT2D eigenvalue weighted by Crippen LogP contribution is 2.20. The Balaban J connectivity index is 3.36. The van der Waals surface area contributed by atoms with Crippen molar-refractivity contribution in [3.05, 3.63) is 30.8 Å². The van der Waals surface area contributed by atoms with E-state index < -0.39 is 27.3 Å². The lowest BCUT2D eigenvalue weighted by Gasteiger charge is -1.85. The molecule has 0 unspecified atom stereocenters. The van der Waals surface area contributed by atoms with Gasteiger partial charge in [-0.1, -0.05) is 0 Å². The molecular formula is C3HN3O6. The van der Waals surface area contributed by atoms with Crippen LogP contribution in [0.3, 0.4) is 0 Å². The molecule has 1 aromatic heterocycles. The van der Waals surface area contributed by atoms with Crippen molar-refractivity contribution in [2.75, 3.05) is 0 Å². The summed E-state index contributed by atoms with van der Waals surface area (Å²) in [6, 6.07) is 0. The van der Waals surface area contributed by atoms with E-state index >= 15 is 0 Å². The van der Waals surface area contributed by atoms with E-state index in [2.05, 4.69) is 4.42 Å². The molecular weight excluding hydrogens is 174 g/mol. The highest BCUT2D eigenvalue weighted by molar-refractivity contribution is 5.35. The molecule has 1 rings (SSSR count). The lowest BCUT2D eigenvalue weighted by atomic mass is 10.7. The second-order valence-electron chi connectivity index (χ2n) is 1.68. The lowest BCUT2D eigenvalue weighted by Crippen LogP contribution is -1.97. The summed E-state index contributed by atoms with van der Waals surface area (Å²) in [6.45, 7) is 0. The van der Waals surface area contributed by atoms with Crippen molar-refractivity contribution in [2.24, 2.45) is 0 Å². The van der Waals surface area contributed by atoms with Crippen LogP contribution in [-0.4, -0.2) is 14.8 Å². The Kier molecular flexibility index (Phi) is 1.62. The first kappa shape index (κ1) is 7.91. The van der Waals surface area contributed by atoms with Crippen LogP contribution in [-0.2, 0) is 0 Å². The van der Waals surface area contributed by atoms with E-state index in [-0.39, 0.29) is 0 Å². The van der Waals surface area contributed by atoms with Crippen LogP contribution >= 0.6 is 0 Å². The molecule has 0 amide bonds. The number of nitrogens with one attached hydrogen (secondary N) is 1. The van der Waals surface area contributed by atoms with Crippen LogP contribution < -0.4 is 5.76 Å². The second kappa shape index (κ2) is 2.45. The maximum atomic E-state index is 10.3. The largest absolute Gasteiger partial charge is 0.533 e. The molecule has 0 atom stereocenters. The minimum absolute atomic E-state index is 1.05. The Morgan fingerprint density at radius 2 is 1.83 bits per heavy atom. The SMILES string of the molecule is O=c1[nH]c([N+](=O)[O-])c([N+](=O)[O-])o1. The van der Waals surface area contributed by atoms with Crippen LogP contribution in [0.2, 0.25) is 0 Å². The summed E-state index contributed by atoms with van der Waals surface area (Å²) in [6.07, 6.45) is 0. The third-order valence-corrected chi connectivity index (χ3v) is 0.961. The van der Waals surface area contributed by atoms with Gasteiger partial charge in [0.2, 0.25) is 0 Å². The molecule has 0 radical (unpaired) electrons. The van der Waals surface area contributed by atoms with E-state index in [9.17, 15) is 25.0 Å². The second-order valence-corrected chi connectivity index (χ2v) is 1.68. The average Bonchev–Trinajstić information content (AvgIpc) is 2.31. The quantitative estimate of drug-likeness (QED) is 0.488. The standard InChI is InChI=1S/C3HN3O6/c7-3-4-1(5(8)9)2(12-3)6(10)11/h(H,4,7). The number of H-pyrrole nitrogens is 1. The molecule has 0 fully saturated rings. The molecule has 0 aromatic carbocycles. The summed E-state index contributed by atoms with van der Waals surface area (Å²) in [4.78, 5) is 29.6. The van der Waals surface area contributed by atoms with E-state index in [1.165, 1.54) is 0 Å². The summed E-state index contributed by atoms with van der Waals surface area (Å²) in [5, 5.41) is 20.0. The predicted octanol–water partition coefficient (Wildman–Crippen LogP) is -0.216. The Morgan fingerprint density at radius 1 is 1.25 bits per heavy atom. The predicted molar refractivity (Wildman–Crippen MR) is 32.6 cm³/mol. The number of oxazole rings is 1. The van der Waals surface area contributed by atoms with Crippen LogP contribution in [0.1, 0.15) is 0 Å². The molecule has 0 aliphatic heterocycles. The van der Waals surface area contributed by atoms with Gasteiger partial charge in [-0.05, 0) is 4.92 Å². The van der Waals surface area contributed by atoms with E-state index in [0.29, 0.717) is 0 Å². The van der Waals surface area contributed by atoms with Gasteiger partial charge in [0.1, 0.15) is 4.92 Å². The van der Waals surface area contributed by atoms with E-state index in [1.54, 1.807) is 4.98 Å². The van der Waals surface area contributed by atoms with Gasteiger partial charge in [0, 0.05) is 0 Å². The molecule has 9 heteroatoms. The molecule has 9 nitrogen and oxygen atoms in total. The molecule has 0 saturated heterocycles. The van der Waals surface area contributed by atoms with Crippen molar-refractivity contribution < 1.29 is 14.3 Å². The molecule has 0 saturated carbocycles. The summed E-state index contributed by atoms with van der Waals surface area (Å²) < 4.78 is 3.89. The highest BCUT2D eigenvalue weighted by Gasteiger charge is 2.30. The number of nitro groups is 2. The number of rotatable bonds is 2. The zero-order chi connectivity index (χ0) is 9.30. The van der Waals surface area contributed by atoms with Crippen molar-refractivity contribution in [1.82, 2.24) is 4.98 Å². The van der Waals surface area contributed by atoms with E-state index in [0.717, 1.165) is 0 Å². The van der Waals surface area contributed by atoms with Gasteiger partial charge in [-0.3, -0.25) is 10.1 Å². The van der Waals surface area contributed by atoms with Crippen molar-refractivity contribution >= 4 is 11.7 Å². The molecule has 0 bridgehead atoms. The normalized spacial score (nSPS) is 9.67. The van der Waals surface area contributed by atoms with E-state index in [4.69, 9.17) is 0 Å². The topological polar surface area (TPSA) is 132 Å². The van der Waals surface area contributed by atoms with Crippen LogP contribution in [0.5, 0.6) is 0 Å². The number of aromatic amines is 1. The van der Waals surface area contributed by atoms with Gasteiger partial charge in [0.25, 0.3) is 0 Å². The molecule has 64 valence electrons. The zero-order valence-electron chi connectivity index (χ0n) is 5.34. The fourth-order valence-corrected chi connectivity index (χ4v) is 0.559. The Hall–Kier alpha value is -2.19. The minimum atomic E-state index is -1.23. The van der Waals surface area contributed by atoms with Crippen molar-refractivity contribution in [3.63, 3.8) is 0 Å². The molecule has 1 aromatic rings. The smallest absolute Gasteiger partial charge is 0.358 e. The Labute approximate surface area is 62.9 Å². The summed E-state index contributed by atoms with van der Waals surface area (Å²) in [5.41, 5.74) is 0. The van der Waals surface area contributed by atoms with Crippen molar-refractivity contribution in [2.45, 2.75) is 0 Å². The molecule has 12 heavy (non-hydrogen) atoms. The van der Waals surface area contributed by atoms with E-state index in [1.807, 2.05) is 0 Å². The fraction of sp³-hybridized carbons (Fsp3) is 0. The van der Waals surface area contributed by atoms with Crippen molar-refractivity contribution in [3.8, 4) is 0 Å². The van der Waals surface area contributed by atoms with Gasteiger partial charge < -0.3 is 14.5 Å². The number of aromatic nitrogens is 1. The first-order chi connectivity index (χ1) is 5.52. The zero-order valence-corrected chi connectivity index (χ0v) is 5.34. The first-order valence-electron chi connectivity index (χ1n) is 2.54. The van der Waals surface area contributed by atoms with Crippen molar-refractivity contribution in [1.29, 1.82) is 0 Å². The van der Waals surface area contributed by atoms with Gasteiger partial charge >= 0.3 is 17.5 Å². The molecule has 0 aliphatic carbocycles. The molecule has 1 heterocycles. The minimum Gasteiger partial charge on any atom is -0.358 e. The third-order valence-electron chi connectivity index (χ3n) is 0.961. The maximum absolute atomic E-state index is 10.3. The molecule has 0 spiro atoms. The lowest BCUT2D eigenvalue weighted by molar-refractivity contribution is -0.435. The van der Waals surface area contributed by atoms with Crippen LogP contribution in [0.4, 0.5) is 11.7 Å². The van der Waals surface area contributed by atoms with Gasteiger partial charge in [-0.25, -0.2) is 0 Å². The Morgan fingerprint density at radius 3 is 2.17 bits per heavy atom. The maximum Gasteiger partial charge on any atom is 0.533 e. The van der Waals surface area contributed by atoms with Gasteiger partial charge in [0.05, 0.1) is 0 Å². The summed E-state index contributed by atoms with van der Waals surface area (Å²) in [5.74, 6) is -3.47. The van der Waals surface area contributed by atoms with Crippen LogP contribution in [0.15, 0.2) is 9.21 Å². The molecule has 0 aliphatic rings. The number of nitrogens with zero attached hydrogens (tertiary/aromatic N) is 2. The Bertz CT molecular complexity index is 352. The van der Waals surface area contributed by atoms with Gasteiger partial charge in [-0.15, -0.1) is 0 Å². The molecule has 1 N–H and O–H groups in total. The summed E-state index contributed by atoms with van der Waals surface area (Å²) >= 11 is 0. The van der Waals surface area contributed by atoms with Gasteiger partial charge in [-0.2, -0.15) is 9.78 Å². The number of hydrogen-bond donors (Lipinski definition) is 1. The first-order valence-corrected chi connectivity index (χ1v) is 2.54. The number of hydrogen-bond acceptors (Lipinski definition) is 6. The monoisotopic (exact) mass is 175 g/mol. The highest BCUT2D eigenvalue weighted by atomic mass is 16.7. The fourth-order valence-electron chi connectivity index (χ4n) is 0.559. The third kappa shape index (κ3) is 1.14. The summed E-state index contributed by atoms with van der Waals surface area (Å²) in [7, 11) is 0. The average molecular weight is 175 g/mol. The van der Waals surface area contributed by atoms with Crippen LogP contribution in [0, 0.1) is 20.2 Å².